The molecule has 80 valence electrons. The maximum atomic E-state index is 5.30. The summed E-state index contributed by atoms with van der Waals surface area (Å²) >= 11 is 3.36. The van der Waals surface area contributed by atoms with E-state index in [2.05, 4.69) is 31.1 Å². The summed E-state index contributed by atoms with van der Waals surface area (Å²) in [6.07, 6.45) is 1.60. The van der Waals surface area contributed by atoms with E-state index in [9.17, 15) is 0 Å². The average Bonchev–Trinajstić information content (AvgIpc) is 2.86. The average molecular weight is 280 g/mol. The van der Waals surface area contributed by atoms with Crippen LogP contribution in [0.25, 0.3) is 22.7 Å². The molecular weight excluding hydrogens is 274 g/mol. The van der Waals surface area contributed by atoms with Gasteiger partial charge in [0, 0.05) is 6.92 Å². The van der Waals surface area contributed by atoms with Gasteiger partial charge in [0.05, 0.1) is 4.47 Å². The predicted molar refractivity (Wildman–Crippen MR) is 59.7 cm³/mol. The number of furan rings is 1. The van der Waals surface area contributed by atoms with Gasteiger partial charge in [-0.25, -0.2) is 4.98 Å². The standard InChI is InChI=1S/C10H6BrN3O2/c1-5-13-14-10(16-5)7-2-3-8-9(12-7)6(11)4-15-8/h2-4H,1H3. The van der Waals surface area contributed by atoms with E-state index in [1.807, 2.05) is 6.07 Å². The lowest BCUT2D eigenvalue weighted by molar-refractivity contribution is 0.531. The zero-order valence-corrected chi connectivity index (χ0v) is 9.85. The Morgan fingerprint density at radius 1 is 1.25 bits per heavy atom. The van der Waals surface area contributed by atoms with Gasteiger partial charge in [-0.1, -0.05) is 0 Å². The molecule has 0 atom stereocenters. The third-order valence-corrected chi connectivity index (χ3v) is 2.68. The summed E-state index contributed by atoms with van der Waals surface area (Å²) in [7, 11) is 0. The smallest absolute Gasteiger partial charge is 0.266 e. The first-order chi connectivity index (χ1) is 7.74. The molecule has 3 aromatic rings. The minimum atomic E-state index is 0.410. The Balaban J connectivity index is 2.21. The highest BCUT2D eigenvalue weighted by Crippen LogP contribution is 2.26. The third-order valence-electron chi connectivity index (χ3n) is 2.12. The van der Waals surface area contributed by atoms with Crippen molar-refractivity contribution in [1.29, 1.82) is 0 Å². The molecule has 0 aliphatic rings. The number of hydrogen-bond donors (Lipinski definition) is 0. The number of aryl methyl sites for hydroxylation is 1. The molecule has 0 radical (unpaired) electrons. The minimum Gasteiger partial charge on any atom is -0.461 e. The molecule has 3 rings (SSSR count). The van der Waals surface area contributed by atoms with Gasteiger partial charge in [0.2, 0.25) is 5.89 Å². The van der Waals surface area contributed by atoms with Crippen LogP contribution in [0.5, 0.6) is 0 Å². The zero-order valence-electron chi connectivity index (χ0n) is 8.27. The molecule has 0 aliphatic heterocycles. The van der Waals surface area contributed by atoms with Crippen LogP contribution in [0.15, 0.2) is 31.7 Å². The van der Waals surface area contributed by atoms with Crippen LogP contribution in [0.4, 0.5) is 0 Å². The summed E-state index contributed by atoms with van der Waals surface area (Å²) < 4.78 is 11.4. The van der Waals surface area contributed by atoms with Crippen LogP contribution in [-0.2, 0) is 0 Å². The van der Waals surface area contributed by atoms with Crippen molar-refractivity contribution in [3.05, 3.63) is 28.8 Å². The van der Waals surface area contributed by atoms with Gasteiger partial charge in [-0.05, 0) is 28.1 Å². The van der Waals surface area contributed by atoms with E-state index in [0.29, 0.717) is 23.1 Å². The molecule has 0 saturated heterocycles. The van der Waals surface area contributed by atoms with Crippen molar-refractivity contribution in [2.24, 2.45) is 0 Å². The summed E-state index contributed by atoms with van der Waals surface area (Å²) in [6, 6.07) is 3.60. The van der Waals surface area contributed by atoms with E-state index in [1.165, 1.54) is 0 Å². The molecular formula is C10H6BrN3O2. The van der Waals surface area contributed by atoms with Crippen molar-refractivity contribution >= 4 is 27.0 Å². The lowest BCUT2D eigenvalue weighted by Gasteiger charge is -1.93. The van der Waals surface area contributed by atoms with Gasteiger partial charge in [0.1, 0.15) is 17.5 Å². The first-order valence-corrected chi connectivity index (χ1v) is 5.37. The summed E-state index contributed by atoms with van der Waals surface area (Å²) in [6.45, 7) is 1.74. The van der Waals surface area contributed by atoms with Crippen molar-refractivity contribution in [3.8, 4) is 11.6 Å². The molecule has 0 spiro atoms. The van der Waals surface area contributed by atoms with Crippen LogP contribution in [0, 0.1) is 6.92 Å². The van der Waals surface area contributed by atoms with Crippen molar-refractivity contribution in [2.75, 3.05) is 0 Å². The van der Waals surface area contributed by atoms with E-state index < -0.39 is 0 Å². The van der Waals surface area contributed by atoms with Crippen molar-refractivity contribution in [3.63, 3.8) is 0 Å². The van der Waals surface area contributed by atoms with Gasteiger partial charge < -0.3 is 8.83 Å². The second kappa shape index (κ2) is 3.41. The maximum Gasteiger partial charge on any atom is 0.266 e. The highest BCUT2D eigenvalue weighted by molar-refractivity contribution is 9.10. The fourth-order valence-electron chi connectivity index (χ4n) is 1.40. The van der Waals surface area contributed by atoms with Crippen LogP contribution in [0.3, 0.4) is 0 Å². The lowest BCUT2D eigenvalue weighted by Crippen LogP contribution is -1.83. The maximum absolute atomic E-state index is 5.30. The van der Waals surface area contributed by atoms with Gasteiger partial charge >= 0.3 is 0 Å². The molecule has 3 aromatic heterocycles. The van der Waals surface area contributed by atoms with Gasteiger partial charge in [0.25, 0.3) is 5.89 Å². The summed E-state index contributed by atoms with van der Waals surface area (Å²) in [5, 5.41) is 7.67. The van der Waals surface area contributed by atoms with Crippen molar-refractivity contribution in [2.45, 2.75) is 6.92 Å². The number of fused-ring (bicyclic) bond motifs is 1. The molecule has 5 nitrogen and oxygen atoms in total. The highest BCUT2D eigenvalue weighted by Gasteiger charge is 2.11. The topological polar surface area (TPSA) is 65.0 Å². The molecule has 0 N–H and O–H groups in total. The van der Waals surface area contributed by atoms with E-state index in [0.717, 1.165) is 9.99 Å². The number of halogens is 1. The number of rotatable bonds is 1. The number of pyridine rings is 1. The highest BCUT2D eigenvalue weighted by atomic mass is 79.9. The number of aromatic nitrogens is 3. The molecule has 0 amide bonds. The monoisotopic (exact) mass is 279 g/mol. The second-order valence-electron chi connectivity index (χ2n) is 3.25. The molecule has 0 saturated carbocycles. The molecule has 6 heteroatoms. The van der Waals surface area contributed by atoms with Crippen molar-refractivity contribution in [1.82, 2.24) is 15.2 Å². The Labute approximate surface area is 98.6 Å². The number of nitrogens with zero attached hydrogens (tertiary/aromatic N) is 3. The molecule has 0 bridgehead atoms. The molecule has 0 aromatic carbocycles. The van der Waals surface area contributed by atoms with Gasteiger partial charge in [-0.15, -0.1) is 10.2 Å². The van der Waals surface area contributed by atoms with E-state index in [-0.39, 0.29) is 0 Å². The Kier molecular flexibility index (Phi) is 2.03. The largest absolute Gasteiger partial charge is 0.461 e. The lowest BCUT2D eigenvalue weighted by atomic mass is 10.3. The fraction of sp³-hybridized carbons (Fsp3) is 0.100. The van der Waals surface area contributed by atoms with Crippen LogP contribution in [-0.4, -0.2) is 15.2 Å². The van der Waals surface area contributed by atoms with Gasteiger partial charge in [-0.2, -0.15) is 0 Å². The zero-order chi connectivity index (χ0) is 11.1. The molecule has 16 heavy (non-hydrogen) atoms. The Morgan fingerprint density at radius 2 is 2.12 bits per heavy atom. The molecule has 0 aliphatic carbocycles. The normalized spacial score (nSPS) is 11.1. The van der Waals surface area contributed by atoms with Crippen LogP contribution < -0.4 is 0 Å². The predicted octanol–water partition coefficient (Wildman–Crippen LogP) is 2.95. The Morgan fingerprint density at radius 3 is 2.88 bits per heavy atom. The minimum absolute atomic E-state index is 0.410. The summed E-state index contributed by atoms with van der Waals surface area (Å²) in [4.78, 5) is 4.38. The SMILES string of the molecule is Cc1nnc(-c2ccc3occ(Br)c3n2)o1. The molecule has 0 fully saturated rings. The summed E-state index contributed by atoms with van der Waals surface area (Å²) in [5.74, 6) is 0.927. The van der Waals surface area contributed by atoms with Crippen LogP contribution in [0.1, 0.15) is 5.89 Å². The second-order valence-corrected chi connectivity index (χ2v) is 4.11. The van der Waals surface area contributed by atoms with Crippen molar-refractivity contribution < 1.29 is 8.83 Å². The Hall–Kier alpha value is -1.69. The van der Waals surface area contributed by atoms with Crippen LogP contribution >= 0.6 is 15.9 Å². The third kappa shape index (κ3) is 1.42. The molecule has 0 unspecified atom stereocenters. The van der Waals surface area contributed by atoms with E-state index in [4.69, 9.17) is 8.83 Å². The fourth-order valence-corrected chi connectivity index (χ4v) is 1.78. The first-order valence-electron chi connectivity index (χ1n) is 4.58. The summed E-state index contributed by atoms with van der Waals surface area (Å²) in [5.41, 5.74) is 2.09. The van der Waals surface area contributed by atoms with E-state index >= 15 is 0 Å². The first kappa shape index (κ1) is 9.53. The van der Waals surface area contributed by atoms with Gasteiger partial charge in [0.15, 0.2) is 5.58 Å². The van der Waals surface area contributed by atoms with E-state index in [1.54, 1.807) is 19.3 Å². The molecule has 3 heterocycles. The number of hydrogen-bond acceptors (Lipinski definition) is 5. The quantitative estimate of drug-likeness (QED) is 0.685. The van der Waals surface area contributed by atoms with Gasteiger partial charge in [-0.3, -0.25) is 0 Å². The Bertz CT molecular complexity index is 659. The van der Waals surface area contributed by atoms with Crippen LogP contribution in [0.2, 0.25) is 0 Å².